The SMILES string of the molecule is C[C@@H]1CN(c2c(C#N)cnc3cc(F)ccc23)CC[C@@H]1C(=O)N1CCn2c(nnc2C(F)(F)F)C1. The zero-order valence-electron chi connectivity index (χ0n) is 18.8. The molecule has 8 nitrogen and oxygen atoms in total. The van der Waals surface area contributed by atoms with Gasteiger partial charge in [0, 0.05) is 49.7 Å². The number of nitriles is 1. The van der Waals surface area contributed by atoms with Gasteiger partial charge in [0.15, 0.2) is 5.82 Å². The molecule has 1 amide bonds. The number of rotatable bonds is 2. The Hall–Kier alpha value is -3.75. The molecule has 0 N–H and O–H groups in total. The van der Waals surface area contributed by atoms with E-state index in [4.69, 9.17) is 0 Å². The lowest BCUT2D eigenvalue weighted by Gasteiger charge is -2.40. The molecule has 0 unspecified atom stereocenters. The highest BCUT2D eigenvalue weighted by molar-refractivity contribution is 5.94. The number of carbonyl (C=O) groups excluding carboxylic acids is 1. The van der Waals surface area contributed by atoms with Crippen LogP contribution >= 0.6 is 0 Å². The number of carbonyl (C=O) groups is 1. The van der Waals surface area contributed by atoms with E-state index in [2.05, 4.69) is 21.3 Å². The molecule has 1 fully saturated rings. The number of halogens is 4. The highest BCUT2D eigenvalue weighted by Crippen LogP contribution is 2.36. The number of amides is 1. The summed E-state index contributed by atoms with van der Waals surface area (Å²) in [6.07, 6.45) is -2.66. The van der Waals surface area contributed by atoms with Gasteiger partial charge in [-0.05, 0) is 24.5 Å². The topological polar surface area (TPSA) is 90.9 Å². The molecule has 2 atom stereocenters. The molecule has 2 aliphatic rings. The van der Waals surface area contributed by atoms with Crippen LogP contribution in [0.2, 0.25) is 0 Å². The molecule has 3 aromatic rings. The summed E-state index contributed by atoms with van der Waals surface area (Å²) >= 11 is 0. The van der Waals surface area contributed by atoms with Gasteiger partial charge in [-0.1, -0.05) is 6.92 Å². The Kier molecular flexibility index (Phi) is 5.57. The molecule has 182 valence electrons. The van der Waals surface area contributed by atoms with Crippen molar-refractivity contribution in [3.8, 4) is 6.07 Å². The van der Waals surface area contributed by atoms with Gasteiger partial charge in [-0.2, -0.15) is 18.4 Å². The average molecular weight is 487 g/mol. The zero-order chi connectivity index (χ0) is 24.9. The summed E-state index contributed by atoms with van der Waals surface area (Å²) in [4.78, 5) is 21.1. The van der Waals surface area contributed by atoms with Crippen molar-refractivity contribution in [2.75, 3.05) is 24.5 Å². The van der Waals surface area contributed by atoms with Crippen molar-refractivity contribution in [1.29, 1.82) is 5.26 Å². The number of piperidine rings is 1. The van der Waals surface area contributed by atoms with Crippen LogP contribution in [0.15, 0.2) is 24.4 Å². The Morgan fingerprint density at radius 1 is 1.20 bits per heavy atom. The molecule has 2 aromatic heterocycles. The number of aromatic nitrogens is 4. The minimum Gasteiger partial charge on any atom is -0.370 e. The van der Waals surface area contributed by atoms with Crippen molar-refractivity contribution in [2.45, 2.75) is 32.6 Å². The smallest absolute Gasteiger partial charge is 0.370 e. The van der Waals surface area contributed by atoms with Crippen LogP contribution in [0.5, 0.6) is 0 Å². The van der Waals surface area contributed by atoms with Crippen LogP contribution in [0.25, 0.3) is 10.9 Å². The van der Waals surface area contributed by atoms with Gasteiger partial charge in [0.2, 0.25) is 11.7 Å². The lowest BCUT2D eigenvalue weighted by molar-refractivity contribution is -0.148. The Morgan fingerprint density at radius 2 is 2.00 bits per heavy atom. The van der Waals surface area contributed by atoms with Crippen LogP contribution in [-0.4, -0.2) is 50.2 Å². The Balaban J connectivity index is 1.34. The fourth-order valence-electron chi connectivity index (χ4n) is 5.08. The fourth-order valence-corrected chi connectivity index (χ4v) is 5.08. The van der Waals surface area contributed by atoms with Crippen LogP contribution < -0.4 is 4.90 Å². The largest absolute Gasteiger partial charge is 0.451 e. The number of fused-ring (bicyclic) bond motifs is 2. The first-order valence-electron chi connectivity index (χ1n) is 11.2. The van der Waals surface area contributed by atoms with Gasteiger partial charge in [0.05, 0.1) is 23.3 Å². The molecular formula is C23H21F4N7O. The molecular weight excluding hydrogens is 466 g/mol. The lowest BCUT2D eigenvalue weighted by atomic mass is 9.85. The minimum atomic E-state index is -4.59. The maximum absolute atomic E-state index is 13.7. The van der Waals surface area contributed by atoms with E-state index in [0.29, 0.717) is 41.7 Å². The number of hydrogen-bond acceptors (Lipinski definition) is 6. The molecule has 0 spiro atoms. The third kappa shape index (κ3) is 4.05. The quantitative estimate of drug-likeness (QED) is 0.515. The van der Waals surface area contributed by atoms with Crippen molar-refractivity contribution >= 4 is 22.5 Å². The number of nitrogens with zero attached hydrogens (tertiary/aromatic N) is 7. The van der Waals surface area contributed by atoms with Crippen molar-refractivity contribution in [1.82, 2.24) is 24.6 Å². The molecule has 1 aromatic carbocycles. The van der Waals surface area contributed by atoms with Gasteiger partial charge in [-0.25, -0.2) is 4.39 Å². The normalized spacial score (nSPS) is 20.6. The van der Waals surface area contributed by atoms with Gasteiger partial charge in [0.25, 0.3) is 0 Å². The standard InChI is InChI=1S/C23H21F4N7O/c1-13-11-32(20-14(9-28)10-29-18-8-15(24)2-3-17(18)20)5-4-16(13)21(35)33-6-7-34-19(12-33)30-31-22(34)23(25,26)27/h2-3,8,10,13,16H,4-7,11-12H2,1H3/t13-,16+/m1/s1. The predicted octanol–water partition coefficient (Wildman–Crippen LogP) is 3.36. The number of hydrogen-bond donors (Lipinski definition) is 0. The van der Waals surface area contributed by atoms with E-state index in [1.54, 1.807) is 11.0 Å². The number of benzene rings is 1. The van der Waals surface area contributed by atoms with Crippen LogP contribution in [0.1, 0.15) is 30.6 Å². The summed E-state index contributed by atoms with van der Waals surface area (Å²) in [6.45, 7) is 3.05. The monoisotopic (exact) mass is 487 g/mol. The van der Waals surface area contributed by atoms with Crippen molar-refractivity contribution < 1.29 is 22.4 Å². The van der Waals surface area contributed by atoms with E-state index >= 15 is 0 Å². The summed E-state index contributed by atoms with van der Waals surface area (Å²) in [5.74, 6) is -1.87. The maximum atomic E-state index is 13.7. The van der Waals surface area contributed by atoms with Crippen molar-refractivity contribution in [2.24, 2.45) is 11.8 Å². The first kappa shape index (κ1) is 23.0. The van der Waals surface area contributed by atoms with E-state index in [0.717, 1.165) is 4.57 Å². The number of anilines is 1. The molecule has 0 aliphatic carbocycles. The second-order valence-electron chi connectivity index (χ2n) is 8.96. The first-order chi connectivity index (χ1) is 16.7. The maximum Gasteiger partial charge on any atom is 0.451 e. The predicted molar refractivity (Wildman–Crippen MR) is 116 cm³/mol. The van der Waals surface area contributed by atoms with Crippen LogP contribution in [-0.2, 0) is 24.1 Å². The van der Waals surface area contributed by atoms with E-state index in [-0.39, 0.29) is 43.2 Å². The Bertz CT molecular complexity index is 1350. The third-order valence-corrected chi connectivity index (χ3v) is 6.78. The number of alkyl halides is 3. The van der Waals surface area contributed by atoms with Crippen LogP contribution in [0.3, 0.4) is 0 Å². The molecule has 4 heterocycles. The van der Waals surface area contributed by atoms with E-state index in [1.807, 2.05) is 11.8 Å². The molecule has 0 saturated carbocycles. The van der Waals surface area contributed by atoms with Gasteiger partial charge in [-0.3, -0.25) is 9.78 Å². The lowest BCUT2D eigenvalue weighted by Crippen LogP contribution is -2.49. The Morgan fingerprint density at radius 3 is 2.71 bits per heavy atom. The summed E-state index contributed by atoms with van der Waals surface area (Å²) < 4.78 is 54.0. The zero-order valence-corrected chi connectivity index (χ0v) is 18.8. The van der Waals surface area contributed by atoms with Gasteiger partial charge in [0.1, 0.15) is 11.9 Å². The van der Waals surface area contributed by atoms with Gasteiger partial charge < -0.3 is 14.4 Å². The third-order valence-electron chi connectivity index (χ3n) is 6.78. The molecule has 0 radical (unpaired) electrons. The van der Waals surface area contributed by atoms with Crippen molar-refractivity contribution in [3.63, 3.8) is 0 Å². The molecule has 12 heteroatoms. The van der Waals surface area contributed by atoms with Crippen LogP contribution in [0, 0.1) is 29.0 Å². The summed E-state index contributed by atoms with van der Waals surface area (Å²) in [6, 6.07) is 6.41. The molecule has 0 bridgehead atoms. The fraction of sp³-hybridized carbons (Fsp3) is 0.435. The molecule has 2 aliphatic heterocycles. The Labute approximate surface area is 197 Å². The van der Waals surface area contributed by atoms with E-state index in [9.17, 15) is 27.6 Å². The molecule has 5 rings (SSSR count). The van der Waals surface area contributed by atoms with Crippen LogP contribution in [0.4, 0.5) is 23.2 Å². The van der Waals surface area contributed by atoms with E-state index < -0.39 is 17.8 Å². The van der Waals surface area contributed by atoms with Crippen molar-refractivity contribution in [3.05, 3.63) is 47.4 Å². The molecule has 35 heavy (non-hydrogen) atoms. The summed E-state index contributed by atoms with van der Waals surface area (Å²) in [7, 11) is 0. The second kappa shape index (κ2) is 8.48. The minimum absolute atomic E-state index is 0.0127. The first-order valence-corrected chi connectivity index (χ1v) is 11.2. The average Bonchev–Trinajstić information content (AvgIpc) is 3.26. The highest BCUT2D eigenvalue weighted by Gasteiger charge is 2.41. The highest BCUT2D eigenvalue weighted by atomic mass is 19.4. The number of pyridine rings is 1. The van der Waals surface area contributed by atoms with E-state index in [1.165, 1.54) is 18.3 Å². The van der Waals surface area contributed by atoms with Gasteiger partial charge >= 0.3 is 6.18 Å². The second-order valence-corrected chi connectivity index (χ2v) is 8.96. The summed E-state index contributed by atoms with van der Waals surface area (Å²) in [5, 5.41) is 17.2. The summed E-state index contributed by atoms with van der Waals surface area (Å²) in [5.41, 5.74) is 1.48. The molecule has 1 saturated heterocycles. The van der Waals surface area contributed by atoms with Gasteiger partial charge in [-0.15, -0.1) is 10.2 Å².